The number of hydrogen-bond acceptors (Lipinski definition) is 9. The molecule has 2 aromatic rings. The summed E-state index contributed by atoms with van der Waals surface area (Å²) in [4.78, 5) is 36.5. The molecule has 3 N–H and O–H groups in total. The number of esters is 2. The molecule has 0 bridgehead atoms. The molecule has 0 aromatic carbocycles. The van der Waals surface area contributed by atoms with E-state index in [2.05, 4.69) is 0 Å². The number of carboxylic acids is 1. The molecular weight excluding hydrogens is 378 g/mol. The van der Waals surface area contributed by atoms with Crippen molar-refractivity contribution in [1.29, 1.82) is 0 Å². The van der Waals surface area contributed by atoms with E-state index in [9.17, 15) is 19.5 Å². The molecule has 0 saturated carbocycles. The van der Waals surface area contributed by atoms with Gasteiger partial charge in [0.1, 0.15) is 24.5 Å². The minimum Gasteiger partial charge on any atom is -0.494 e. The molecular formula is C17H19NO10. The Hall–Kier alpha value is -3.31. The fourth-order valence-electron chi connectivity index (χ4n) is 2.61. The molecule has 0 amide bonds. The molecule has 0 aliphatic heterocycles. The van der Waals surface area contributed by atoms with E-state index >= 15 is 0 Å². The first kappa shape index (κ1) is 21.0. The zero-order chi connectivity index (χ0) is 20.8. The van der Waals surface area contributed by atoms with Crippen LogP contribution in [0.25, 0.3) is 5.52 Å². The van der Waals surface area contributed by atoms with E-state index in [4.69, 9.17) is 29.2 Å². The lowest BCUT2D eigenvalue weighted by atomic mass is 10.2. The van der Waals surface area contributed by atoms with E-state index in [1.54, 1.807) is 0 Å². The van der Waals surface area contributed by atoms with Gasteiger partial charge in [0.15, 0.2) is 11.5 Å². The van der Waals surface area contributed by atoms with Gasteiger partial charge in [-0.1, -0.05) is 0 Å². The van der Waals surface area contributed by atoms with Crippen molar-refractivity contribution >= 4 is 23.4 Å². The van der Waals surface area contributed by atoms with Crippen LogP contribution < -0.4 is 9.47 Å². The number of aromatic carboxylic acids is 1. The van der Waals surface area contributed by atoms with Gasteiger partial charge in [-0.3, -0.25) is 0 Å². The summed E-state index contributed by atoms with van der Waals surface area (Å²) in [6, 6.07) is 1.21. The van der Waals surface area contributed by atoms with Gasteiger partial charge >= 0.3 is 17.9 Å². The van der Waals surface area contributed by atoms with E-state index in [0.717, 1.165) is 0 Å². The lowest BCUT2D eigenvalue weighted by Gasteiger charge is -2.13. The number of carbonyl (C=O) groups is 3. The first-order valence-electron chi connectivity index (χ1n) is 8.00. The number of aliphatic hydroxyl groups is 2. The molecule has 28 heavy (non-hydrogen) atoms. The van der Waals surface area contributed by atoms with Crippen LogP contribution in [0.4, 0.5) is 0 Å². The first-order valence-corrected chi connectivity index (χ1v) is 8.00. The zero-order valence-electron chi connectivity index (χ0n) is 15.1. The maximum Gasteiger partial charge on any atom is 0.356 e. The summed E-state index contributed by atoms with van der Waals surface area (Å²) in [5, 5.41) is 27.2. The Balaban J connectivity index is 2.81. The summed E-state index contributed by atoms with van der Waals surface area (Å²) in [5.41, 5.74) is -0.743. The van der Waals surface area contributed by atoms with Gasteiger partial charge in [0, 0.05) is 0 Å². The fraction of sp³-hybridized carbons (Fsp3) is 0.353. The van der Waals surface area contributed by atoms with E-state index < -0.39 is 31.1 Å². The van der Waals surface area contributed by atoms with E-state index in [1.807, 2.05) is 0 Å². The molecule has 2 heterocycles. The molecule has 0 spiro atoms. The highest BCUT2D eigenvalue weighted by Crippen LogP contribution is 2.36. The number of methoxy groups -OCH3 is 2. The quantitative estimate of drug-likeness (QED) is 0.491. The van der Waals surface area contributed by atoms with E-state index in [-0.39, 0.29) is 47.1 Å². The molecule has 0 fully saturated rings. The minimum absolute atomic E-state index is 0.0765. The molecule has 11 heteroatoms. The number of carboxylic acid groups (broad SMARTS) is 1. The third-order valence-corrected chi connectivity index (χ3v) is 3.69. The Morgan fingerprint density at radius 1 is 1.00 bits per heavy atom. The number of hydrogen-bond donors (Lipinski definition) is 3. The molecule has 2 aromatic heterocycles. The summed E-state index contributed by atoms with van der Waals surface area (Å²) in [6.45, 7) is -1.49. The van der Waals surface area contributed by atoms with Gasteiger partial charge in [-0.2, -0.15) is 0 Å². The number of aliphatic hydroxyl groups excluding tert-OH is 2. The highest BCUT2D eigenvalue weighted by atomic mass is 16.5. The number of aromatic nitrogens is 1. The second kappa shape index (κ2) is 9.06. The first-order chi connectivity index (χ1) is 13.4. The third-order valence-electron chi connectivity index (χ3n) is 3.69. The van der Waals surface area contributed by atoms with Crippen molar-refractivity contribution in [2.75, 3.05) is 40.6 Å². The molecule has 2 rings (SSSR count). The number of pyridine rings is 1. The van der Waals surface area contributed by atoms with Gasteiger partial charge < -0.3 is 38.7 Å². The third kappa shape index (κ3) is 3.85. The lowest BCUT2D eigenvalue weighted by Crippen LogP contribution is -2.17. The van der Waals surface area contributed by atoms with E-state index in [0.29, 0.717) is 0 Å². The number of nitrogens with zero attached hydrogens (tertiary/aromatic N) is 1. The summed E-state index contributed by atoms with van der Waals surface area (Å²) >= 11 is 0. The molecule has 0 aliphatic carbocycles. The predicted molar refractivity (Wildman–Crippen MR) is 92.2 cm³/mol. The van der Waals surface area contributed by atoms with Gasteiger partial charge in [-0.15, -0.1) is 0 Å². The van der Waals surface area contributed by atoms with Crippen molar-refractivity contribution in [2.45, 2.75) is 0 Å². The number of carbonyl (C=O) groups excluding carboxylic acids is 2. The summed E-state index contributed by atoms with van der Waals surface area (Å²) in [5.74, 6) is -3.52. The molecule has 152 valence electrons. The molecule has 0 saturated heterocycles. The van der Waals surface area contributed by atoms with Crippen LogP contribution in [0.5, 0.6) is 11.5 Å². The second-order valence-electron chi connectivity index (χ2n) is 5.29. The number of fused-ring (bicyclic) bond motifs is 1. The van der Waals surface area contributed by atoms with Crippen LogP contribution in [0.15, 0.2) is 12.3 Å². The Bertz CT molecular complexity index is 901. The van der Waals surface area contributed by atoms with Crippen molar-refractivity contribution < 1.29 is 48.7 Å². The van der Waals surface area contributed by atoms with Crippen molar-refractivity contribution in [2.24, 2.45) is 0 Å². The molecule has 11 nitrogen and oxygen atoms in total. The second-order valence-corrected chi connectivity index (χ2v) is 5.29. The van der Waals surface area contributed by atoms with Gasteiger partial charge in [0.2, 0.25) is 0 Å². The van der Waals surface area contributed by atoms with Gasteiger partial charge in [0.25, 0.3) is 0 Å². The number of ether oxygens (including phenoxy) is 4. The van der Waals surface area contributed by atoms with Crippen LogP contribution >= 0.6 is 0 Å². The monoisotopic (exact) mass is 397 g/mol. The highest BCUT2D eigenvalue weighted by Gasteiger charge is 2.30. The van der Waals surface area contributed by atoms with Crippen LogP contribution in [0, 0.1) is 0 Å². The van der Waals surface area contributed by atoms with Crippen LogP contribution in [0.3, 0.4) is 0 Å². The minimum atomic E-state index is -1.34. The summed E-state index contributed by atoms with van der Waals surface area (Å²) in [6.07, 6.45) is 1.19. The van der Waals surface area contributed by atoms with Crippen LogP contribution in [-0.2, 0) is 9.47 Å². The average Bonchev–Trinajstić information content (AvgIpc) is 3.07. The fourth-order valence-corrected chi connectivity index (χ4v) is 2.61. The molecule has 0 atom stereocenters. The Morgan fingerprint density at radius 2 is 1.61 bits per heavy atom. The number of rotatable bonds is 9. The maximum atomic E-state index is 12.5. The van der Waals surface area contributed by atoms with Crippen LogP contribution in [-0.4, -0.2) is 78.3 Å². The smallest absolute Gasteiger partial charge is 0.356 e. The topological polar surface area (TPSA) is 153 Å². The SMILES string of the molecule is COc1cn2c(C(=O)OCCO)c(C(=O)OCCO)cc2c(OC)c1C(=O)O. The van der Waals surface area contributed by atoms with Gasteiger partial charge in [0.05, 0.1) is 44.7 Å². The molecule has 0 radical (unpaired) electrons. The van der Waals surface area contributed by atoms with Crippen molar-refractivity contribution in [3.05, 3.63) is 29.1 Å². The lowest BCUT2D eigenvalue weighted by molar-refractivity contribution is 0.0384. The van der Waals surface area contributed by atoms with Crippen LogP contribution in [0.1, 0.15) is 31.2 Å². The highest BCUT2D eigenvalue weighted by molar-refractivity contribution is 6.06. The van der Waals surface area contributed by atoms with Crippen molar-refractivity contribution in [3.8, 4) is 11.5 Å². The van der Waals surface area contributed by atoms with Crippen molar-refractivity contribution in [1.82, 2.24) is 4.40 Å². The standard InChI is InChI=1S/C17H19NO10/c1-25-11-8-18-10(14(26-2)12(11)15(21)22)7-9(16(23)27-5-3-19)13(18)17(24)28-6-4-20/h7-8,19-20H,3-6H2,1-2H3,(H,21,22). The van der Waals surface area contributed by atoms with Gasteiger partial charge in [-0.25, -0.2) is 14.4 Å². The zero-order valence-corrected chi connectivity index (χ0v) is 15.1. The van der Waals surface area contributed by atoms with Gasteiger partial charge in [-0.05, 0) is 6.07 Å². The summed E-state index contributed by atoms with van der Waals surface area (Å²) in [7, 11) is 2.46. The predicted octanol–water partition coefficient (Wildman–Crippen LogP) is -0.0471. The molecule has 0 aliphatic rings. The Labute approximate surface area is 158 Å². The van der Waals surface area contributed by atoms with E-state index in [1.165, 1.54) is 30.9 Å². The molecule has 0 unspecified atom stereocenters. The maximum absolute atomic E-state index is 12.5. The Morgan fingerprint density at radius 3 is 2.11 bits per heavy atom. The largest absolute Gasteiger partial charge is 0.494 e. The normalized spacial score (nSPS) is 10.6. The Kier molecular flexibility index (Phi) is 6.79. The summed E-state index contributed by atoms with van der Waals surface area (Å²) < 4.78 is 21.2. The van der Waals surface area contributed by atoms with Crippen LogP contribution in [0.2, 0.25) is 0 Å². The average molecular weight is 397 g/mol. The van der Waals surface area contributed by atoms with Crippen molar-refractivity contribution in [3.63, 3.8) is 0 Å².